The second-order valence-electron chi connectivity index (χ2n) is 7.64. The van der Waals surface area contributed by atoms with E-state index in [9.17, 15) is 18.0 Å². The summed E-state index contributed by atoms with van der Waals surface area (Å²) in [6.07, 6.45) is 0.134. The van der Waals surface area contributed by atoms with Crippen molar-refractivity contribution in [1.29, 1.82) is 0 Å². The maximum absolute atomic E-state index is 13.0. The molecule has 0 aliphatic heterocycles. The Bertz CT molecular complexity index is 1070. The number of rotatable bonds is 5. The Hall–Kier alpha value is -3.17. The predicted octanol–water partition coefficient (Wildman–Crippen LogP) is 3.86. The lowest BCUT2D eigenvalue weighted by molar-refractivity contribution is -0.144. The summed E-state index contributed by atoms with van der Waals surface area (Å²) in [6.45, 7) is 0.539. The van der Waals surface area contributed by atoms with Gasteiger partial charge in [-0.3, -0.25) is 4.79 Å². The van der Waals surface area contributed by atoms with Crippen LogP contribution in [0, 0.1) is 5.92 Å². The third-order valence-electron chi connectivity index (χ3n) is 5.69. The molecule has 10 heteroatoms. The number of nitrogens with one attached hydrogen (secondary N) is 1. The summed E-state index contributed by atoms with van der Waals surface area (Å²) in [4.78, 5) is 19.9. The molecule has 2 heterocycles. The van der Waals surface area contributed by atoms with Crippen molar-refractivity contribution >= 4 is 11.7 Å². The van der Waals surface area contributed by atoms with Crippen LogP contribution in [0.1, 0.15) is 53.5 Å². The molecule has 0 radical (unpaired) electrons. The molecule has 0 unspecified atom stereocenters. The third kappa shape index (κ3) is 4.47. The Morgan fingerprint density at radius 3 is 2.65 bits per heavy atom. The first kappa shape index (κ1) is 21.1. The molecule has 2 aromatic heterocycles. The maximum Gasteiger partial charge on any atom is 0.453 e. The molecule has 1 aliphatic rings. The van der Waals surface area contributed by atoms with Crippen LogP contribution in [0.4, 0.5) is 13.2 Å². The molecule has 3 aromatic rings. The number of ether oxygens (including phenoxy) is 1. The van der Waals surface area contributed by atoms with Gasteiger partial charge in [-0.25, -0.2) is 9.50 Å². The van der Waals surface area contributed by atoms with Gasteiger partial charge in [-0.05, 0) is 49.8 Å². The molecule has 1 fully saturated rings. The van der Waals surface area contributed by atoms with E-state index in [1.807, 2.05) is 0 Å². The van der Waals surface area contributed by atoms with Crippen LogP contribution in [-0.2, 0) is 6.18 Å². The van der Waals surface area contributed by atoms with E-state index in [0.29, 0.717) is 29.5 Å². The third-order valence-corrected chi connectivity index (χ3v) is 5.69. The highest BCUT2D eigenvalue weighted by molar-refractivity contribution is 5.96. The molecular weight excluding hydrogens is 411 g/mol. The minimum absolute atomic E-state index is 0.0454. The lowest BCUT2D eigenvalue weighted by Gasteiger charge is -2.28. The number of nitrogens with zero attached hydrogens (tertiary/aromatic N) is 4. The second kappa shape index (κ2) is 8.52. The van der Waals surface area contributed by atoms with Crippen molar-refractivity contribution in [3.8, 4) is 5.75 Å². The molecule has 0 saturated heterocycles. The van der Waals surface area contributed by atoms with Gasteiger partial charge >= 0.3 is 6.18 Å². The average Bonchev–Trinajstić information content (AvgIpc) is 3.23. The van der Waals surface area contributed by atoms with E-state index in [2.05, 4.69) is 20.4 Å². The van der Waals surface area contributed by atoms with Gasteiger partial charge in [0.05, 0.1) is 18.4 Å². The second-order valence-corrected chi connectivity index (χ2v) is 7.64. The Labute approximate surface area is 176 Å². The topological polar surface area (TPSA) is 81.4 Å². The molecule has 0 bridgehead atoms. The zero-order valence-corrected chi connectivity index (χ0v) is 16.9. The van der Waals surface area contributed by atoms with Gasteiger partial charge in [-0.1, -0.05) is 12.1 Å². The van der Waals surface area contributed by atoms with E-state index >= 15 is 0 Å². The number of carbonyl (C=O) groups is 1. The fourth-order valence-corrected chi connectivity index (χ4v) is 4.07. The van der Waals surface area contributed by atoms with Gasteiger partial charge in [0, 0.05) is 18.7 Å². The van der Waals surface area contributed by atoms with Crippen molar-refractivity contribution in [2.75, 3.05) is 13.7 Å². The zero-order chi connectivity index (χ0) is 22.0. The predicted molar refractivity (Wildman–Crippen MR) is 106 cm³/mol. The minimum Gasteiger partial charge on any atom is -0.496 e. The lowest BCUT2D eigenvalue weighted by atomic mass is 9.80. The smallest absolute Gasteiger partial charge is 0.453 e. The fraction of sp³-hybridized carbons (Fsp3) is 0.429. The van der Waals surface area contributed by atoms with E-state index in [1.165, 1.54) is 17.8 Å². The molecule has 1 N–H and O–H groups in total. The largest absolute Gasteiger partial charge is 0.496 e. The minimum atomic E-state index is -4.61. The van der Waals surface area contributed by atoms with Gasteiger partial charge in [-0.15, -0.1) is 5.10 Å². The van der Waals surface area contributed by atoms with Gasteiger partial charge < -0.3 is 10.1 Å². The molecule has 0 spiro atoms. The number of methoxy groups -OCH3 is 1. The Kier molecular flexibility index (Phi) is 5.79. The van der Waals surface area contributed by atoms with Crippen LogP contribution in [0.5, 0.6) is 5.75 Å². The summed E-state index contributed by atoms with van der Waals surface area (Å²) in [5, 5.41) is 6.60. The summed E-state index contributed by atoms with van der Waals surface area (Å²) in [5.41, 5.74) is 1.18. The SMILES string of the molecule is COc1ccccc1C(=O)NCC1CCC(c2ccnc3nc(C(F)(F)F)nn23)CC1. The summed E-state index contributed by atoms with van der Waals surface area (Å²) in [5.74, 6) is -0.520. The van der Waals surface area contributed by atoms with Gasteiger partial charge in [0.2, 0.25) is 0 Å². The number of fused-ring (bicyclic) bond motifs is 1. The molecule has 1 aromatic carbocycles. The van der Waals surface area contributed by atoms with Crippen LogP contribution in [0.25, 0.3) is 5.78 Å². The summed E-state index contributed by atoms with van der Waals surface area (Å²) in [6, 6.07) is 8.75. The normalized spacial score (nSPS) is 19.4. The number of benzene rings is 1. The van der Waals surface area contributed by atoms with Crippen molar-refractivity contribution in [3.63, 3.8) is 0 Å². The van der Waals surface area contributed by atoms with Crippen molar-refractivity contribution in [3.05, 3.63) is 53.6 Å². The van der Waals surface area contributed by atoms with Gasteiger partial charge in [0.15, 0.2) is 0 Å². The van der Waals surface area contributed by atoms with E-state index in [4.69, 9.17) is 4.74 Å². The average molecular weight is 433 g/mol. The molecular formula is C21H22F3N5O2. The van der Waals surface area contributed by atoms with Crippen molar-refractivity contribution in [2.45, 2.75) is 37.8 Å². The van der Waals surface area contributed by atoms with Crippen molar-refractivity contribution < 1.29 is 22.7 Å². The molecule has 0 atom stereocenters. The van der Waals surface area contributed by atoms with Crippen LogP contribution >= 0.6 is 0 Å². The standard InChI is InChI=1S/C21H22F3N5O2/c1-31-17-5-3-2-4-15(17)18(30)26-12-13-6-8-14(9-7-13)16-10-11-25-20-27-19(21(22,23)24)28-29(16)20/h2-5,10-11,13-14H,6-9,12H2,1H3,(H,26,30). The number of aromatic nitrogens is 4. The number of para-hydroxylation sites is 1. The summed E-state index contributed by atoms with van der Waals surface area (Å²) in [7, 11) is 1.52. The molecule has 4 rings (SSSR count). The number of halogens is 3. The quantitative estimate of drug-likeness (QED) is 0.661. The molecule has 164 valence electrons. The summed E-state index contributed by atoms with van der Waals surface area (Å²) < 4.78 is 45.3. The van der Waals surface area contributed by atoms with Crippen LogP contribution in [0.3, 0.4) is 0 Å². The molecule has 1 aliphatic carbocycles. The van der Waals surface area contributed by atoms with Gasteiger partial charge in [-0.2, -0.15) is 18.2 Å². The van der Waals surface area contributed by atoms with Crippen LogP contribution < -0.4 is 10.1 Å². The fourth-order valence-electron chi connectivity index (χ4n) is 4.07. The number of amides is 1. The lowest BCUT2D eigenvalue weighted by Crippen LogP contribution is -2.31. The van der Waals surface area contributed by atoms with Crippen LogP contribution in [-0.4, -0.2) is 39.1 Å². The van der Waals surface area contributed by atoms with Crippen LogP contribution in [0.2, 0.25) is 0 Å². The zero-order valence-electron chi connectivity index (χ0n) is 16.9. The molecule has 1 saturated carbocycles. The van der Waals surface area contributed by atoms with Gasteiger partial charge in [0.1, 0.15) is 5.75 Å². The summed E-state index contributed by atoms with van der Waals surface area (Å²) >= 11 is 0. The molecule has 1 amide bonds. The Morgan fingerprint density at radius 2 is 1.94 bits per heavy atom. The Balaban J connectivity index is 1.38. The highest BCUT2D eigenvalue weighted by atomic mass is 19.4. The number of hydrogen-bond acceptors (Lipinski definition) is 5. The van der Waals surface area contributed by atoms with Gasteiger partial charge in [0.25, 0.3) is 17.5 Å². The maximum atomic E-state index is 13.0. The Morgan fingerprint density at radius 1 is 1.19 bits per heavy atom. The van der Waals surface area contributed by atoms with E-state index in [-0.39, 0.29) is 17.6 Å². The van der Waals surface area contributed by atoms with Crippen LogP contribution in [0.15, 0.2) is 36.5 Å². The first-order valence-corrected chi connectivity index (χ1v) is 10.1. The highest BCUT2D eigenvalue weighted by Gasteiger charge is 2.37. The van der Waals surface area contributed by atoms with Crippen molar-refractivity contribution in [2.24, 2.45) is 5.92 Å². The number of alkyl halides is 3. The highest BCUT2D eigenvalue weighted by Crippen LogP contribution is 2.36. The molecule has 31 heavy (non-hydrogen) atoms. The first-order valence-electron chi connectivity index (χ1n) is 10.1. The number of hydrogen-bond donors (Lipinski definition) is 1. The molecule has 7 nitrogen and oxygen atoms in total. The van der Waals surface area contributed by atoms with E-state index in [0.717, 1.165) is 25.7 Å². The van der Waals surface area contributed by atoms with E-state index < -0.39 is 12.0 Å². The monoisotopic (exact) mass is 433 g/mol. The number of carbonyl (C=O) groups excluding carboxylic acids is 1. The first-order chi connectivity index (χ1) is 14.9. The van der Waals surface area contributed by atoms with Crippen molar-refractivity contribution in [1.82, 2.24) is 24.9 Å². The van der Waals surface area contributed by atoms with E-state index in [1.54, 1.807) is 30.3 Å².